The van der Waals surface area contributed by atoms with Crippen molar-refractivity contribution in [2.75, 3.05) is 11.1 Å². The van der Waals surface area contributed by atoms with Crippen LogP contribution in [0.1, 0.15) is 5.56 Å². The summed E-state index contributed by atoms with van der Waals surface area (Å²) < 4.78 is 28.0. The Balaban J connectivity index is 1.77. The van der Waals surface area contributed by atoms with Gasteiger partial charge in [-0.25, -0.2) is 0 Å². The molecule has 0 fully saturated rings. The predicted octanol–water partition coefficient (Wildman–Crippen LogP) is 2.86. The van der Waals surface area contributed by atoms with Crippen LogP contribution in [0, 0.1) is 11.3 Å². The number of rotatable bonds is 3. The maximum Gasteiger partial charge on any atom is 0.286 e. The SMILES string of the molecule is N#Cc1ccc(SCC2=NS(=O)(=O)c3ccccc3N2)cc1. The highest BCUT2D eigenvalue weighted by Gasteiger charge is 2.23. The third-order valence-electron chi connectivity index (χ3n) is 3.03. The lowest BCUT2D eigenvalue weighted by Gasteiger charge is -2.17. The van der Waals surface area contributed by atoms with Gasteiger partial charge in [0.25, 0.3) is 10.0 Å². The number of amidine groups is 1. The zero-order valence-electron chi connectivity index (χ0n) is 11.4. The summed E-state index contributed by atoms with van der Waals surface area (Å²) in [6.45, 7) is 0. The number of nitriles is 1. The molecule has 7 heteroatoms. The van der Waals surface area contributed by atoms with Crippen LogP contribution in [0.15, 0.2) is 62.7 Å². The second-order valence-corrected chi connectivity index (χ2v) is 7.18. The van der Waals surface area contributed by atoms with Crippen molar-refractivity contribution in [2.45, 2.75) is 9.79 Å². The largest absolute Gasteiger partial charge is 0.341 e. The predicted molar refractivity (Wildman–Crippen MR) is 86.6 cm³/mol. The zero-order valence-corrected chi connectivity index (χ0v) is 13.0. The van der Waals surface area contributed by atoms with E-state index in [1.807, 2.05) is 12.1 Å². The average molecular weight is 329 g/mol. The van der Waals surface area contributed by atoms with Crippen LogP contribution < -0.4 is 5.32 Å². The minimum atomic E-state index is -3.64. The third-order valence-corrected chi connectivity index (χ3v) is 5.43. The average Bonchev–Trinajstić information content (AvgIpc) is 2.53. The maximum absolute atomic E-state index is 12.1. The van der Waals surface area contributed by atoms with Gasteiger partial charge in [-0.1, -0.05) is 12.1 Å². The Morgan fingerprint density at radius 1 is 1.14 bits per heavy atom. The van der Waals surface area contributed by atoms with Crippen LogP contribution in [-0.4, -0.2) is 20.0 Å². The van der Waals surface area contributed by atoms with E-state index in [2.05, 4.69) is 15.8 Å². The molecule has 2 aromatic carbocycles. The van der Waals surface area contributed by atoms with E-state index >= 15 is 0 Å². The third kappa shape index (κ3) is 2.98. The Morgan fingerprint density at radius 2 is 1.86 bits per heavy atom. The number of sulfonamides is 1. The van der Waals surface area contributed by atoms with E-state index in [1.54, 1.807) is 30.3 Å². The lowest BCUT2D eigenvalue weighted by molar-refractivity contribution is 0.598. The van der Waals surface area contributed by atoms with E-state index in [0.29, 0.717) is 22.8 Å². The van der Waals surface area contributed by atoms with Crippen molar-refractivity contribution in [1.82, 2.24) is 0 Å². The fraction of sp³-hybridized carbons (Fsp3) is 0.0667. The highest BCUT2D eigenvalue weighted by molar-refractivity contribution is 8.00. The van der Waals surface area contributed by atoms with Crippen LogP contribution in [0.25, 0.3) is 0 Å². The molecule has 0 atom stereocenters. The van der Waals surface area contributed by atoms with Gasteiger partial charge < -0.3 is 5.32 Å². The summed E-state index contributed by atoms with van der Waals surface area (Å²) in [5, 5.41) is 11.8. The van der Waals surface area contributed by atoms with Gasteiger partial charge in [-0.15, -0.1) is 16.2 Å². The van der Waals surface area contributed by atoms with E-state index in [4.69, 9.17) is 5.26 Å². The lowest BCUT2D eigenvalue weighted by atomic mass is 10.2. The normalized spacial score (nSPS) is 15.1. The van der Waals surface area contributed by atoms with Crippen LogP contribution in [0.4, 0.5) is 5.69 Å². The molecule has 0 unspecified atom stereocenters. The highest BCUT2D eigenvalue weighted by atomic mass is 32.2. The summed E-state index contributed by atoms with van der Waals surface area (Å²) in [6, 6.07) is 15.9. The van der Waals surface area contributed by atoms with Crippen molar-refractivity contribution in [3.63, 3.8) is 0 Å². The molecule has 0 aromatic heterocycles. The van der Waals surface area contributed by atoms with Gasteiger partial charge >= 0.3 is 0 Å². The van der Waals surface area contributed by atoms with Crippen LogP contribution in [0.3, 0.4) is 0 Å². The molecule has 0 aliphatic carbocycles. The first-order chi connectivity index (χ1) is 10.6. The van der Waals surface area contributed by atoms with Crippen molar-refractivity contribution in [2.24, 2.45) is 4.40 Å². The maximum atomic E-state index is 12.1. The Hall–Kier alpha value is -2.30. The molecule has 2 aromatic rings. The molecule has 1 aliphatic heterocycles. The summed E-state index contributed by atoms with van der Waals surface area (Å²) in [4.78, 5) is 1.14. The number of fused-ring (bicyclic) bond motifs is 1. The van der Waals surface area contributed by atoms with Gasteiger partial charge in [-0.3, -0.25) is 0 Å². The summed E-state index contributed by atoms with van der Waals surface area (Å²) in [7, 11) is -3.64. The number of hydrogen-bond donors (Lipinski definition) is 1. The minimum absolute atomic E-state index is 0.196. The molecule has 0 amide bonds. The fourth-order valence-electron chi connectivity index (χ4n) is 2.01. The molecule has 110 valence electrons. The van der Waals surface area contributed by atoms with Crippen molar-refractivity contribution in [3.05, 3.63) is 54.1 Å². The summed E-state index contributed by atoms with van der Waals surface area (Å²) in [5.74, 6) is 0.799. The van der Waals surface area contributed by atoms with Gasteiger partial charge in [-0.2, -0.15) is 13.7 Å². The molecule has 0 radical (unpaired) electrons. The Labute approximate surface area is 132 Å². The van der Waals surface area contributed by atoms with E-state index < -0.39 is 10.0 Å². The van der Waals surface area contributed by atoms with Gasteiger partial charge in [0.1, 0.15) is 10.7 Å². The fourth-order valence-corrected chi connectivity index (χ4v) is 4.00. The van der Waals surface area contributed by atoms with Crippen LogP contribution in [0.5, 0.6) is 0 Å². The first-order valence-electron chi connectivity index (χ1n) is 6.41. The second-order valence-electron chi connectivity index (χ2n) is 4.56. The van der Waals surface area contributed by atoms with Gasteiger partial charge in [0.15, 0.2) is 0 Å². The Morgan fingerprint density at radius 3 is 2.59 bits per heavy atom. The number of thioether (sulfide) groups is 1. The lowest BCUT2D eigenvalue weighted by Crippen LogP contribution is -2.23. The number of para-hydroxylation sites is 1. The molecule has 0 spiro atoms. The molecule has 0 saturated heterocycles. The first kappa shape index (κ1) is 14.6. The number of benzene rings is 2. The van der Waals surface area contributed by atoms with E-state index in [9.17, 15) is 8.42 Å². The standard InChI is InChI=1S/C15H11N3O2S2/c16-9-11-5-7-12(8-6-11)21-10-15-17-13-3-1-2-4-14(13)22(19,20)18-15/h1-8H,10H2,(H,17,18). The number of hydrogen-bond acceptors (Lipinski definition) is 5. The molecule has 1 heterocycles. The topological polar surface area (TPSA) is 82.3 Å². The minimum Gasteiger partial charge on any atom is -0.341 e. The summed E-state index contributed by atoms with van der Waals surface area (Å²) in [6.07, 6.45) is 0. The molecule has 3 rings (SSSR count). The highest BCUT2D eigenvalue weighted by Crippen LogP contribution is 2.28. The molecule has 22 heavy (non-hydrogen) atoms. The summed E-state index contributed by atoms with van der Waals surface area (Å²) >= 11 is 1.45. The Kier molecular flexibility index (Phi) is 3.88. The molecule has 5 nitrogen and oxygen atoms in total. The van der Waals surface area contributed by atoms with E-state index in [0.717, 1.165) is 4.90 Å². The number of nitrogens with one attached hydrogen (secondary N) is 1. The Bertz CT molecular complexity index is 882. The first-order valence-corrected chi connectivity index (χ1v) is 8.84. The molecule has 1 aliphatic rings. The number of anilines is 1. The van der Waals surface area contributed by atoms with Gasteiger partial charge in [0.05, 0.1) is 23.1 Å². The molecule has 0 bridgehead atoms. The smallest absolute Gasteiger partial charge is 0.286 e. The molecule has 1 N–H and O–H groups in total. The molecular formula is C15H11N3O2S2. The quantitative estimate of drug-likeness (QED) is 0.876. The molecular weight excluding hydrogens is 318 g/mol. The number of nitrogens with zero attached hydrogens (tertiary/aromatic N) is 2. The van der Waals surface area contributed by atoms with Gasteiger partial charge in [-0.05, 0) is 36.4 Å². The second kappa shape index (κ2) is 5.83. The van der Waals surface area contributed by atoms with Crippen molar-refractivity contribution in [1.29, 1.82) is 5.26 Å². The van der Waals surface area contributed by atoms with Gasteiger partial charge in [0.2, 0.25) is 0 Å². The molecule has 0 saturated carbocycles. The van der Waals surface area contributed by atoms with Crippen molar-refractivity contribution < 1.29 is 8.42 Å². The van der Waals surface area contributed by atoms with Crippen LogP contribution in [0.2, 0.25) is 0 Å². The monoisotopic (exact) mass is 329 g/mol. The van der Waals surface area contributed by atoms with E-state index in [1.165, 1.54) is 17.8 Å². The van der Waals surface area contributed by atoms with Crippen LogP contribution in [-0.2, 0) is 10.0 Å². The van der Waals surface area contributed by atoms with Crippen molar-refractivity contribution >= 4 is 33.3 Å². The van der Waals surface area contributed by atoms with E-state index in [-0.39, 0.29) is 4.90 Å². The van der Waals surface area contributed by atoms with Crippen molar-refractivity contribution in [3.8, 4) is 6.07 Å². The summed E-state index contributed by atoms with van der Waals surface area (Å²) in [5.41, 5.74) is 1.14. The zero-order chi connectivity index (χ0) is 15.6. The van der Waals surface area contributed by atoms with Crippen LogP contribution >= 0.6 is 11.8 Å². The van der Waals surface area contributed by atoms with Gasteiger partial charge in [0, 0.05) is 4.90 Å².